The molecule has 1 N–H and O–H groups in total. The molecule has 0 unspecified atom stereocenters. The molecule has 2 aromatic carbocycles. The van der Waals surface area contributed by atoms with Gasteiger partial charge in [0.2, 0.25) is 0 Å². The van der Waals surface area contributed by atoms with Crippen LogP contribution in [0.2, 0.25) is 0 Å². The lowest BCUT2D eigenvalue weighted by Gasteiger charge is -2.14. The lowest BCUT2D eigenvalue weighted by atomic mass is 10.1. The van der Waals surface area contributed by atoms with E-state index in [1.54, 1.807) is 27.6 Å². The molecule has 0 radical (unpaired) electrons. The van der Waals surface area contributed by atoms with E-state index in [9.17, 15) is 0 Å². The highest BCUT2D eigenvalue weighted by atomic mass is 16.5. The Bertz CT molecular complexity index is 859. The molecule has 0 saturated heterocycles. The standard InChI is InChI=1S/C22H25NO4/c1-24-20-14-22(26-3)21(25-2)13-16(20)10-11-23-15-17-7-4-5-8-18(17)19-9-6-12-27-19/h4-9,12-14,23H,10-11,15H2,1-3H3. The summed E-state index contributed by atoms with van der Waals surface area (Å²) < 4.78 is 21.8. The quantitative estimate of drug-likeness (QED) is 0.571. The summed E-state index contributed by atoms with van der Waals surface area (Å²) in [5, 5.41) is 3.50. The summed E-state index contributed by atoms with van der Waals surface area (Å²) >= 11 is 0. The maximum atomic E-state index is 5.54. The lowest BCUT2D eigenvalue weighted by Crippen LogP contribution is -2.17. The number of rotatable bonds is 9. The molecule has 3 rings (SSSR count). The number of benzene rings is 2. The van der Waals surface area contributed by atoms with Crippen molar-refractivity contribution in [3.8, 4) is 28.6 Å². The van der Waals surface area contributed by atoms with Gasteiger partial charge in [-0.3, -0.25) is 0 Å². The molecule has 0 amide bonds. The number of hydrogen-bond donors (Lipinski definition) is 1. The SMILES string of the molecule is COc1cc(OC)c(OC)cc1CCNCc1ccccc1-c1ccco1. The van der Waals surface area contributed by atoms with Crippen LogP contribution in [0.3, 0.4) is 0 Å². The predicted molar refractivity (Wildman–Crippen MR) is 106 cm³/mol. The van der Waals surface area contributed by atoms with Crippen molar-refractivity contribution < 1.29 is 18.6 Å². The van der Waals surface area contributed by atoms with Crippen LogP contribution in [-0.4, -0.2) is 27.9 Å². The van der Waals surface area contributed by atoms with Crippen LogP contribution in [-0.2, 0) is 13.0 Å². The molecular formula is C22H25NO4. The largest absolute Gasteiger partial charge is 0.496 e. The minimum absolute atomic E-state index is 0.665. The van der Waals surface area contributed by atoms with Crippen molar-refractivity contribution >= 4 is 0 Å². The van der Waals surface area contributed by atoms with Crippen molar-refractivity contribution in [2.45, 2.75) is 13.0 Å². The van der Waals surface area contributed by atoms with Crippen LogP contribution in [0.5, 0.6) is 17.2 Å². The smallest absolute Gasteiger partial charge is 0.164 e. The Balaban J connectivity index is 1.65. The summed E-state index contributed by atoms with van der Waals surface area (Å²) in [7, 11) is 4.92. The van der Waals surface area contributed by atoms with Crippen LogP contribution in [0.1, 0.15) is 11.1 Å². The molecule has 142 valence electrons. The van der Waals surface area contributed by atoms with Gasteiger partial charge >= 0.3 is 0 Å². The Morgan fingerprint density at radius 3 is 2.26 bits per heavy atom. The summed E-state index contributed by atoms with van der Waals surface area (Å²) in [4.78, 5) is 0. The fourth-order valence-corrected chi connectivity index (χ4v) is 3.08. The Hall–Kier alpha value is -2.92. The van der Waals surface area contributed by atoms with Gasteiger partial charge in [-0.05, 0) is 42.3 Å². The molecule has 1 aromatic heterocycles. The Morgan fingerprint density at radius 2 is 1.56 bits per heavy atom. The van der Waals surface area contributed by atoms with Crippen molar-refractivity contribution in [2.75, 3.05) is 27.9 Å². The fourth-order valence-electron chi connectivity index (χ4n) is 3.08. The van der Waals surface area contributed by atoms with Crippen LogP contribution in [0.15, 0.2) is 59.2 Å². The molecule has 0 bridgehead atoms. The van der Waals surface area contributed by atoms with Gasteiger partial charge in [-0.25, -0.2) is 0 Å². The normalized spacial score (nSPS) is 10.6. The first-order valence-corrected chi connectivity index (χ1v) is 8.88. The van der Waals surface area contributed by atoms with Gasteiger partial charge in [-0.1, -0.05) is 24.3 Å². The van der Waals surface area contributed by atoms with E-state index in [1.165, 1.54) is 5.56 Å². The minimum atomic E-state index is 0.665. The van der Waals surface area contributed by atoms with Gasteiger partial charge in [-0.2, -0.15) is 0 Å². The maximum absolute atomic E-state index is 5.54. The average Bonchev–Trinajstić information content (AvgIpc) is 3.25. The molecule has 5 nitrogen and oxygen atoms in total. The third-order valence-electron chi connectivity index (χ3n) is 4.48. The van der Waals surface area contributed by atoms with E-state index in [1.807, 2.05) is 36.4 Å². The summed E-state index contributed by atoms with van der Waals surface area (Å²) in [6, 6.07) is 16.0. The zero-order valence-corrected chi connectivity index (χ0v) is 16.0. The van der Waals surface area contributed by atoms with Crippen LogP contribution >= 0.6 is 0 Å². The zero-order valence-electron chi connectivity index (χ0n) is 16.0. The van der Waals surface area contributed by atoms with Gasteiger partial charge in [0.15, 0.2) is 11.5 Å². The first-order chi connectivity index (χ1) is 13.3. The Kier molecular flexibility index (Phi) is 6.39. The molecule has 0 aliphatic carbocycles. The van der Waals surface area contributed by atoms with Crippen LogP contribution in [0.25, 0.3) is 11.3 Å². The predicted octanol–water partition coefficient (Wildman–Crippen LogP) is 4.30. The summed E-state index contributed by atoms with van der Waals surface area (Å²) in [5.41, 5.74) is 3.38. The first kappa shape index (κ1) is 18.9. The highest BCUT2D eigenvalue weighted by Crippen LogP contribution is 2.34. The van der Waals surface area contributed by atoms with Gasteiger partial charge in [-0.15, -0.1) is 0 Å². The van der Waals surface area contributed by atoms with Crippen molar-refractivity contribution in [2.24, 2.45) is 0 Å². The first-order valence-electron chi connectivity index (χ1n) is 8.88. The number of furan rings is 1. The van der Waals surface area contributed by atoms with Gasteiger partial charge in [0.25, 0.3) is 0 Å². The van der Waals surface area contributed by atoms with Crippen molar-refractivity contribution in [3.05, 3.63) is 65.9 Å². The number of nitrogens with one attached hydrogen (secondary N) is 1. The molecule has 3 aromatic rings. The van der Waals surface area contributed by atoms with Crippen LogP contribution in [0.4, 0.5) is 0 Å². The molecular weight excluding hydrogens is 342 g/mol. The summed E-state index contributed by atoms with van der Waals surface area (Å²) in [6.07, 6.45) is 2.51. The average molecular weight is 367 g/mol. The number of methoxy groups -OCH3 is 3. The second-order valence-electron chi connectivity index (χ2n) is 6.08. The van der Waals surface area contributed by atoms with E-state index in [2.05, 4.69) is 17.4 Å². The van der Waals surface area contributed by atoms with Crippen molar-refractivity contribution in [1.29, 1.82) is 0 Å². The van der Waals surface area contributed by atoms with E-state index in [4.69, 9.17) is 18.6 Å². The monoisotopic (exact) mass is 367 g/mol. The van der Waals surface area contributed by atoms with E-state index in [0.717, 1.165) is 42.1 Å². The molecule has 5 heteroatoms. The zero-order chi connectivity index (χ0) is 19.1. The lowest BCUT2D eigenvalue weighted by molar-refractivity contribution is 0.347. The molecule has 0 aliphatic heterocycles. The minimum Gasteiger partial charge on any atom is -0.496 e. The van der Waals surface area contributed by atoms with Gasteiger partial charge < -0.3 is 23.9 Å². The Morgan fingerprint density at radius 1 is 0.815 bits per heavy atom. The second-order valence-corrected chi connectivity index (χ2v) is 6.08. The summed E-state index contributed by atoms with van der Waals surface area (Å²) in [5.74, 6) is 3.05. The molecule has 0 atom stereocenters. The van der Waals surface area contributed by atoms with Gasteiger partial charge in [0.05, 0.1) is 27.6 Å². The fraction of sp³-hybridized carbons (Fsp3) is 0.273. The van der Waals surface area contributed by atoms with Crippen molar-refractivity contribution in [1.82, 2.24) is 5.32 Å². The van der Waals surface area contributed by atoms with E-state index >= 15 is 0 Å². The topological polar surface area (TPSA) is 52.9 Å². The van der Waals surface area contributed by atoms with Crippen LogP contribution < -0.4 is 19.5 Å². The second kappa shape index (κ2) is 9.14. The molecule has 0 fully saturated rings. The third-order valence-corrected chi connectivity index (χ3v) is 4.48. The van der Waals surface area contributed by atoms with E-state index < -0.39 is 0 Å². The third kappa shape index (κ3) is 4.44. The maximum Gasteiger partial charge on any atom is 0.164 e. The van der Waals surface area contributed by atoms with Gasteiger partial charge in [0.1, 0.15) is 11.5 Å². The molecule has 0 saturated carbocycles. The van der Waals surface area contributed by atoms with E-state index in [0.29, 0.717) is 11.5 Å². The molecule has 0 spiro atoms. The highest BCUT2D eigenvalue weighted by molar-refractivity contribution is 5.61. The van der Waals surface area contributed by atoms with E-state index in [-0.39, 0.29) is 0 Å². The highest BCUT2D eigenvalue weighted by Gasteiger charge is 2.12. The van der Waals surface area contributed by atoms with Gasteiger partial charge in [0, 0.05) is 18.2 Å². The molecule has 27 heavy (non-hydrogen) atoms. The Labute approximate surface area is 159 Å². The summed E-state index contributed by atoms with van der Waals surface area (Å²) in [6.45, 7) is 1.56. The van der Waals surface area contributed by atoms with Crippen molar-refractivity contribution in [3.63, 3.8) is 0 Å². The van der Waals surface area contributed by atoms with Crippen LogP contribution in [0, 0.1) is 0 Å². The number of hydrogen-bond acceptors (Lipinski definition) is 5. The molecule has 0 aliphatic rings. The number of ether oxygens (including phenoxy) is 3. The molecule has 1 heterocycles.